The third-order valence-electron chi connectivity index (χ3n) is 1.99. The molecule has 0 amide bonds. The zero-order valence-corrected chi connectivity index (χ0v) is 8.90. The zero-order valence-electron chi connectivity index (χ0n) is 8.90. The van der Waals surface area contributed by atoms with Crippen molar-refractivity contribution in [2.45, 2.75) is 6.61 Å². The fraction of sp³-hybridized carbons (Fsp3) is 0.400. The second kappa shape index (κ2) is 6.14. The van der Waals surface area contributed by atoms with Gasteiger partial charge in [-0.3, -0.25) is 10.1 Å². The molecule has 0 radical (unpaired) electrons. The van der Waals surface area contributed by atoms with Crippen LogP contribution in [0.1, 0.15) is 5.56 Å². The summed E-state index contributed by atoms with van der Waals surface area (Å²) < 4.78 is 18.1. The van der Waals surface area contributed by atoms with Gasteiger partial charge >= 0.3 is 0 Å². The van der Waals surface area contributed by atoms with Crippen LogP contribution in [-0.2, 0) is 11.3 Å². The number of nitrogens with one attached hydrogen (secondary N) is 1. The molecule has 1 N–H and O–H groups in total. The fourth-order valence-electron chi connectivity index (χ4n) is 1.20. The van der Waals surface area contributed by atoms with Crippen molar-refractivity contribution in [1.82, 2.24) is 5.32 Å². The summed E-state index contributed by atoms with van der Waals surface area (Å²) in [6.07, 6.45) is 0. The third kappa shape index (κ3) is 3.56. The van der Waals surface area contributed by atoms with E-state index in [9.17, 15) is 14.5 Å². The quantitative estimate of drug-likeness (QED) is 0.455. The van der Waals surface area contributed by atoms with Crippen molar-refractivity contribution in [1.29, 1.82) is 0 Å². The van der Waals surface area contributed by atoms with Crippen LogP contribution in [0, 0.1) is 15.9 Å². The largest absolute Gasteiger partial charge is 0.375 e. The van der Waals surface area contributed by atoms with Crippen molar-refractivity contribution in [2.75, 3.05) is 20.2 Å². The van der Waals surface area contributed by atoms with Gasteiger partial charge in [0.25, 0.3) is 5.69 Å². The summed E-state index contributed by atoms with van der Waals surface area (Å²) in [5, 5.41) is 13.5. The van der Waals surface area contributed by atoms with Gasteiger partial charge in [-0.05, 0) is 19.2 Å². The monoisotopic (exact) mass is 228 g/mol. The van der Waals surface area contributed by atoms with Gasteiger partial charge in [-0.2, -0.15) is 0 Å². The van der Waals surface area contributed by atoms with Gasteiger partial charge in [-0.15, -0.1) is 0 Å². The van der Waals surface area contributed by atoms with Crippen LogP contribution in [0.2, 0.25) is 0 Å². The Bertz CT molecular complexity index is 371. The molecular weight excluding hydrogens is 215 g/mol. The highest BCUT2D eigenvalue weighted by atomic mass is 19.1. The molecule has 16 heavy (non-hydrogen) atoms. The molecular formula is C10H13FN2O3. The number of nitro benzene ring substituents is 1. The average Bonchev–Trinajstić information content (AvgIpc) is 2.24. The SMILES string of the molecule is CNCCOCc1cc(F)ccc1[N+](=O)[O-]. The van der Waals surface area contributed by atoms with Crippen LogP contribution in [0.5, 0.6) is 0 Å². The number of hydrogen-bond acceptors (Lipinski definition) is 4. The highest BCUT2D eigenvalue weighted by Gasteiger charge is 2.14. The lowest BCUT2D eigenvalue weighted by Gasteiger charge is -2.04. The molecule has 0 atom stereocenters. The maximum Gasteiger partial charge on any atom is 0.275 e. The molecule has 0 fully saturated rings. The molecule has 0 saturated carbocycles. The van der Waals surface area contributed by atoms with Gasteiger partial charge in [0.05, 0.1) is 23.7 Å². The Hall–Kier alpha value is -1.53. The van der Waals surface area contributed by atoms with Crippen LogP contribution in [0.25, 0.3) is 0 Å². The molecule has 6 heteroatoms. The second-order valence-electron chi connectivity index (χ2n) is 3.19. The van der Waals surface area contributed by atoms with E-state index in [1.807, 2.05) is 0 Å². The molecule has 0 spiro atoms. The molecule has 1 rings (SSSR count). The highest BCUT2D eigenvalue weighted by Crippen LogP contribution is 2.20. The number of rotatable bonds is 6. The molecule has 1 aromatic rings. The number of nitrogens with zero attached hydrogens (tertiary/aromatic N) is 1. The standard InChI is InChI=1S/C10H13FN2O3/c1-12-4-5-16-7-8-6-9(11)2-3-10(8)13(14)15/h2-3,6,12H,4-5,7H2,1H3. The summed E-state index contributed by atoms with van der Waals surface area (Å²) in [7, 11) is 1.77. The van der Waals surface area contributed by atoms with Crippen LogP contribution in [0.3, 0.4) is 0 Å². The first-order chi connectivity index (χ1) is 7.65. The minimum Gasteiger partial charge on any atom is -0.375 e. The summed E-state index contributed by atoms with van der Waals surface area (Å²) in [5.74, 6) is -0.502. The van der Waals surface area contributed by atoms with Crippen molar-refractivity contribution in [3.8, 4) is 0 Å². The van der Waals surface area contributed by atoms with E-state index in [2.05, 4.69) is 5.32 Å². The smallest absolute Gasteiger partial charge is 0.275 e. The number of ether oxygens (including phenoxy) is 1. The molecule has 0 saturated heterocycles. The van der Waals surface area contributed by atoms with E-state index in [1.54, 1.807) is 7.05 Å². The van der Waals surface area contributed by atoms with Crippen molar-refractivity contribution >= 4 is 5.69 Å². The first-order valence-corrected chi connectivity index (χ1v) is 4.80. The van der Waals surface area contributed by atoms with E-state index in [-0.39, 0.29) is 17.9 Å². The number of likely N-dealkylation sites (N-methyl/N-ethyl adjacent to an activating group) is 1. The maximum atomic E-state index is 12.9. The Balaban J connectivity index is 2.68. The Morgan fingerprint density at radius 3 is 2.94 bits per heavy atom. The van der Waals surface area contributed by atoms with E-state index >= 15 is 0 Å². The first-order valence-electron chi connectivity index (χ1n) is 4.80. The normalized spacial score (nSPS) is 10.4. The lowest BCUT2D eigenvalue weighted by Crippen LogP contribution is -2.14. The molecule has 0 aliphatic rings. The molecule has 0 bridgehead atoms. The van der Waals surface area contributed by atoms with E-state index in [4.69, 9.17) is 4.74 Å². The molecule has 0 aromatic heterocycles. The van der Waals surface area contributed by atoms with E-state index in [0.29, 0.717) is 13.2 Å². The maximum absolute atomic E-state index is 12.9. The molecule has 1 aromatic carbocycles. The van der Waals surface area contributed by atoms with Crippen LogP contribution in [0.4, 0.5) is 10.1 Å². The van der Waals surface area contributed by atoms with Gasteiger partial charge in [0.15, 0.2) is 0 Å². The van der Waals surface area contributed by atoms with Crippen molar-refractivity contribution in [2.24, 2.45) is 0 Å². The zero-order chi connectivity index (χ0) is 12.0. The molecule has 0 unspecified atom stereocenters. The Morgan fingerprint density at radius 2 is 2.31 bits per heavy atom. The third-order valence-corrected chi connectivity index (χ3v) is 1.99. The molecule has 0 heterocycles. The molecule has 5 nitrogen and oxygen atoms in total. The number of nitro groups is 1. The summed E-state index contributed by atoms with van der Waals surface area (Å²) in [6.45, 7) is 1.10. The van der Waals surface area contributed by atoms with E-state index < -0.39 is 10.7 Å². The summed E-state index contributed by atoms with van der Waals surface area (Å²) in [6, 6.07) is 3.33. The predicted octanol–water partition coefficient (Wildman–Crippen LogP) is 1.47. The van der Waals surface area contributed by atoms with Gasteiger partial charge in [0.2, 0.25) is 0 Å². The lowest BCUT2D eigenvalue weighted by atomic mass is 10.2. The van der Waals surface area contributed by atoms with Gasteiger partial charge in [-0.25, -0.2) is 4.39 Å². The van der Waals surface area contributed by atoms with Gasteiger partial charge < -0.3 is 10.1 Å². The van der Waals surface area contributed by atoms with Gasteiger partial charge in [0.1, 0.15) is 5.82 Å². The Labute approximate surface area is 92.4 Å². The van der Waals surface area contributed by atoms with Crippen LogP contribution in [0.15, 0.2) is 18.2 Å². The molecule has 88 valence electrons. The van der Waals surface area contributed by atoms with Crippen LogP contribution >= 0.6 is 0 Å². The number of hydrogen-bond donors (Lipinski definition) is 1. The summed E-state index contributed by atoms with van der Waals surface area (Å²) in [5.41, 5.74) is 0.131. The first kappa shape index (κ1) is 12.5. The lowest BCUT2D eigenvalue weighted by molar-refractivity contribution is -0.386. The average molecular weight is 228 g/mol. The van der Waals surface area contributed by atoms with E-state index in [0.717, 1.165) is 18.2 Å². The van der Waals surface area contributed by atoms with Crippen molar-refractivity contribution < 1.29 is 14.1 Å². The number of halogens is 1. The Kier molecular flexibility index (Phi) is 4.81. The van der Waals surface area contributed by atoms with Crippen molar-refractivity contribution in [3.05, 3.63) is 39.7 Å². The Morgan fingerprint density at radius 1 is 1.56 bits per heavy atom. The van der Waals surface area contributed by atoms with E-state index in [1.165, 1.54) is 0 Å². The highest BCUT2D eigenvalue weighted by molar-refractivity contribution is 5.39. The summed E-state index contributed by atoms with van der Waals surface area (Å²) >= 11 is 0. The minimum atomic E-state index is -0.545. The number of benzene rings is 1. The van der Waals surface area contributed by atoms with Gasteiger partial charge in [0, 0.05) is 12.6 Å². The van der Waals surface area contributed by atoms with Gasteiger partial charge in [-0.1, -0.05) is 0 Å². The topological polar surface area (TPSA) is 64.4 Å². The van der Waals surface area contributed by atoms with Crippen LogP contribution in [-0.4, -0.2) is 25.1 Å². The fourth-order valence-corrected chi connectivity index (χ4v) is 1.20. The second-order valence-corrected chi connectivity index (χ2v) is 3.19. The van der Waals surface area contributed by atoms with Crippen molar-refractivity contribution in [3.63, 3.8) is 0 Å². The summed E-state index contributed by atoms with van der Waals surface area (Å²) in [4.78, 5) is 10.1. The minimum absolute atomic E-state index is 0.0375. The molecule has 0 aliphatic heterocycles. The predicted molar refractivity (Wildman–Crippen MR) is 56.6 cm³/mol. The molecule has 0 aliphatic carbocycles. The van der Waals surface area contributed by atoms with Crippen LogP contribution < -0.4 is 5.32 Å².